The minimum absolute atomic E-state index is 0.157. The SMILES string of the molecule is CNC(C)Cc1cc(F)cc[13cH]1. The summed E-state index contributed by atoms with van der Waals surface area (Å²) >= 11 is 0. The molecule has 1 atom stereocenters. The first-order valence-electron chi connectivity index (χ1n) is 4.14. The Kier molecular flexibility index (Phi) is 3.23. The number of hydrogen-bond acceptors (Lipinski definition) is 1. The number of nitrogens with one attached hydrogen (secondary N) is 1. The molecule has 0 amide bonds. The Labute approximate surface area is 72.6 Å². The van der Waals surface area contributed by atoms with Crippen molar-refractivity contribution in [3.05, 3.63) is 35.6 Å². The second-order valence-electron chi connectivity index (χ2n) is 3.02. The fourth-order valence-electron chi connectivity index (χ4n) is 1.12. The molecule has 0 radical (unpaired) electrons. The third kappa shape index (κ3) is 2.62. The lowest BCUT2D eigenvalue weighted by atomic mass is 10.1. The first-order valence-corrected chi connectivity index (χ1v) is 4.14. The van der Waals surface area contributed by atoms with Gasteiger partial charge in [-0.3, -0.25) is 0 Å². The molecule has 1 nitrogen and oxygen atoms in total. The first kappa shape index (κ1) is 9.20. The van der Waals surface area contributed by atoms with Gasteiger partial charge < -0.3 is 5.32 Å². The molecule has 0 bridgehead atoms. The molecule has 0 aliphatic rings. The van der Waals surface area contributed by atoms with Crippen molar-refractivity contribution in [2.45, 2.75) is 19.4 Å². The smallest absolute Gasteiger partial charge is 0.123 e. The fraction of sp³-hybridized carbons (Fsp3) is 0.400. The minimum atomic E-state index is -0.157. The van der Waals surface area contributed by atoms with E-state index in [1.807, 2.05) is 13.1 Å². The molecule has 0 saturated carbocycles. The molecule has 0 aliphatic heterocycles. The van der Waals surface area contributed by atoms with Crippen molar-refractivity contribution in [1.82, 2.24) is 5.32 Å². The Morgan fingerprint density at radius 3 is 2.83 bits per heavy atom. The predicted molar refractivity (Wildman–Crippen MR) is 48.6 cm³/mol. The number of benzene rings is 1. The van der Waals surface area contributed by atoms with Gasteiger partial charge in [0, 0.05) is 6.04 Å². The summed E-state index contributed by atoms with van der Waals surface area (Å²) < 4.78 is 12.7. The van der Waals surface area contributed by atoms with Crippen LogP contribution in [0, 0.1) is 5.82 Å². The van der Waals surface area contributed by atoms with E-state index in [2.05, 4.69) is 12.2 Å². The molecule has 12 heavy (non-hydrogen) atoms. The van der Waals surface area contributed by atoms with Crippen LogP contribution in [0.2, 0.25) is 0 Å². The standard InChI is InChI=1S/C10H14FN/c1-8(12-2)6-9-4-3-5-10(11)7-9/h3-5,7-8,12H,6H2,1-2H3/i4+1. The zero-order chi connectivity index (χ0) is 8.97. The van der Waals surface area contributed by atoms with Crippen LogP contribution >= 0.6 is 0 Å². The van der Waals surface area contributed by atoms with Crippen LogP contribution in [0.1, 0.15) is 12.5 Å². The van der Waals surface area contributed by atoms with E-state index in [4.69, 9.17) is 0 Å². The zero-order valence-electron chi connectivity index (χ0n) is 7.47. The fourth-order valence-corrected chi connectivity index (χ4v) is 1.12. The van der Waals surface area contributed by atoms with E-state index < -0.39 is 0 Å². The maximum Gasteiger partial charge on any atom is 0.123 e. The molecule has 1 aromatic carbocycles. The third-order valence-corrected chi connectivity index (χ3v) is 1.92. The lowest BCUT2D eigenvalue weighted by Crippen LogP contribution is -2.23. The highest BCUT2D eigenvalue weighted by atomic mass is 19.1. The molecule has 66 valence electrons. The monoisotopic (exact) mass is 168 g/mol. The van der Waals surface area contributed by atoms with Crippen LogP contribution in [-0.2, 0) is 6.42 Å². The Morgan fingerprint density at radius 2 is 2.25 bits per heavy atom. The van der Waals surface area contributed by atoms with Crippen LogP contribution in [-0.4, -0.2) is 13.1 Å². The van der Waals surface area contributed by atoms with Gasteiger partial charge in [-0.2, -0.15) is 0 Å². The Bertz CT molecular complexity index is 247. The van der Waals surface area contributed by atoms with Crippen molar-refractivity contribution in [2.24, 2.45) is 0 Å². The summed E-state index contributed by atoms with van der Waals surface area (Å²) in [5.41, 5.74) is 1.04. The van der Waals surface area contributed by atoms with Gasteiger partial charge in [-0.25, -0.2) is 4.39 Å². The van der Waals surface area contributed by atoms with Crippen molar-refractivity contribution in [1.29, 1.82) is 0 Å². The molecule has 1 aromatic rings. The second kappa shape index (κ2) is 4.21. The van der Waals surface area contributed by atoms with Gasteiger partial charge in [0.05, 0.1) is 0 Å². The molecule has 0 spiro atoms. The molecule has 1 rings (SSSR count). The van der Waals surface area contributed by atoms with Crippen molar-refractivity contribution in [2.75, 3.05) is 7.05 Å². The highest BCUT2D eigenvalue weighted by Gasteiger charge is 2.00. The van der Waals surface area contributed by atoms with E-state index in [1.54, 1.807) is 12.1 Å². The predicted octanol–water partition coefficient (Wildman–Crippen LogP) is 1.98. The van der Waals surface area contributed by atoms with E-state index in [1.165, 1.54) is 6.07 Å². The topological polar surface area (TPSA) is 12.0 Å². The maximum atomic E-state index is 12.7. The van der Waals surface area contributed by atoms with Gasteiger partial charge in [-0.05, 0) is 38.1 Å². The second-order valence-corrected chi connectivity index (χ2v) is 3.02. The quantitative estimate of drug-likeness (QED) is 0.727. The molecule has 1 unspecified atom stereocenters. The first-order chi connectivity index (χ1) is 5.72. The largest absolute Gasteiger partial charge is 0.317 e. The highest BCUT2D eigenvalue weighted by Crippen LogP contribution is 2.05. The number of halogens is 1. The van der Waals surface area contributed by atoms with Gasteiger partial charge in [0.15, 0.2) is 0 Å². The Hall–Kier alpha value is -0.890. The van der Waals surface area contributed by atoms with Crippen LogP contribution in [0.4, 0.5) is 4.39 Å². The lowest BCUT2D eigenvalue weighted by molar-refractivity contribution is 0.597. The average molecular weight is 168 g/mol. The summed E-state index contributed by atoms with van der Waals surface area (Å²) in [5.74, 6) is -0.157. The third-order valence-electron chi connectivity index (χ3n) is 1.92. The summed E-state index contributed by atoms with van der Waals surface area (Å²) in [6.45, 7) is 2.07. The summed E-state index contributed by atoms with van der Waals surface area (Å²) in [4.78, 5) is 0. The molecule has 0 saturated heterocycles. The minimum Gasteiger partial charge on any atom is -0.317 e. The van der Waals surface area contributed by atoms with Crippen LogP contribution in [0.15, 0.2) is 24.3 Å². The normalized spacial score (nSPS) is 12.9. The number of hydrogen-bond donors (Lipinski definition) is 1. The van der Waals surface area contributed by atoms with E-state index in [0.29, 0.717) is 6.04 Å². The zero-order valence-corrected chi connectivity index (χ0v) is 7.47. The number of likely N-dealkylation sites (N-methyl/N-ethyl adjacent to an activating group) is 1. The molecule has 0 fully saturated rings. The highest BCUT2D eigenvalue weighted by molar-refractivity contribution is 5.17. The van der Waals surface area contributed by atoms with Crippen LogP contribution in [0.5, 0.6) is 0 Å². The van der Waals surface area contributed by atoms with Crippen molar-refractivity contribution in [3.8, 4) is 0 Å². The Morgan fingerprint density at radius 1 is 1.50 bits per heavy atom. The van der Waals surface area contributed by atoms with Crippen LogP contribution in [0.25, 0.3) is 0 Å². The maximum absolute atomic E-state index is 12.7. The van der Waals surface area contributed by atoms with Gasteiger partial charge in [-0.15, -0.1) is 0 Å². The van der Waals surface area contributed by atoms with Gasteiger partial charge in [0.25, 0.3) is 0 Å². The van der Waals surface area contributed by atoms with Crippen molar-refractivity contribution >= 4 is 0 Å². The molecule has 0 heterocycles. The number of rotatable bonds is 3. The lowest BCUT2D eigenvalue weighted by Gasteiger charge is -2.09. The molecule has 0 aromatic heterocycles. The van der Waals surface area contributed by atoms with Crippen molar-refractivity contribution < 1.29 is 4.39 Å². The van der Waals surface area contributed by atoms with Gasteiger partial charge >= 0.3 is 0 Å². The molecular formula is C10H14FN. The van der Waals surface area contributed by atoms with E-state index in [9.17, 15) is 4.39 Å². The van der Waals surface area contributed by atoms with Crippen LogP contribution in [0.3, 0.4) is 0 Å². The summed E-state index contributed by atoms with van der Waals surface area (Å²) in [7, 11) is 1.91. The molecular weight excluding hydrogens is 154 g/mol. The summed E-state index contributed by atoms with van der Waals surface area (Å²) in [6.07, 6.45) is 0.869. The van der Waals surface area contributed by atoms with E-state index in [-0.39, 0.29) is 5.82 Å². The van der Waals surface area contributed by atoms with Gasteiger partial charge in [-0.1, -0.05) is 12.1 Å². The molecule has 0 aliphatic carbocycles. The van der Waals surface area contributed by atoms with E-state index >= 15 is 0 Å². The summed E-state index contributed by atoms with van der Waals surface area (Å²) in [6, 6.07) is 7.12. The summed E-state index contributed by atoms with van der Waals surface area (Å²) in [5, 5.41) is 3.11. The van der Waals surface area contributed by atoms with Crippen LogP contribution < -0.4 is 5.32 Å². The van der Waals surface area contributed by atoms with Gasteiger partial charge in [0.2, 0.25) is 0 Å². The van der Waals surface area contributed by atoms with Gasteiger partial charge in [0.1, 0.15) is 5.82 Å². The molecule has 2 heteroatoms. The molecule has 1 N–H and O–H groups in total. The van der Waals surface area contributed by atoms with Crippen molar-refractivity contribution in [3.63, 3.8) is 0 Å². The van der Waals surface area contributed by atoms with E-state index in [0.717, 1.165) is 12.0 Å². The average Bonchev–Trinajstić information content (AvgIpc) is 2.04. The Balaban J connectivity index is 2.63.